The van der Waals surface area contributed by atoms with Crippen LogP contribution in [-0.4, -0.2) is 35.0 Å². The maximum absolute atomic E-state index is 2.64. The summed E-state index contributed by atoms with van der Waals surface area (Å²) >= 11 is 2.12. The molecule has 1 nitrogen and oxygen atoms in total. The fourth-order valence-electron chi connectivity index (χ4n) is 1.85. The van der Waals surface area contributed by atoms with Crippen molar-refractivity contribution in [1.82, 2.24) is 4.90 Å². The maximum Gasteiger partial charge on any atom is 0.0147 e. The fourth-order valence-corrected chi connectivity index (χ4v) is 2.89. The molecule has 72 valence electrons. The van der Waals surface area contributed by atoms with Crippen molar-refractivity contribution in [2.45, 2.75) is 44.9 Å². The van der Waals surface area contributed by atoms with Crippen molar-refractivity contribution in [2.24, 2.45) is 0 Å². The van der Waals surface area contributed by atoms with Crippen LogP contribution in [0.1, 0.15) is 33.6 Å². The van der Waals surface area contributed by atoms with Gasteiger partial charge in [0.15, 0.2) is 0 Å². The topological polar surface area (TPSA) is 3.24 Å². The summed E-state index contributed by atoms with van der Waals surface area (Å²) in [5.74, 6) is 1.33. The zero-order valence-electron chi connectivity index (χ0n) is 8.55. The summed E-state index contributed by atoms with van der Waals surface area (Å²) in [6.07, 6.45) is 2.68. The van der Waals surface area contributed by atoms with Crippen molar-refractivity contribution >= 4 is 11.8 Å². The minimum Gasteiger partial charge on any atom is -0.299 e. The zero-order valence-corrected chi connectivity index (χ0v) is 9.36. The molecule has 2 unspecified atom stereocenters. The first kappa shape index (κ1) is 10.4. The number of nitrogens with zero attached hydrogens (tertiary/aromatic N) is 1. The van der Waals surface area contributed by atoms with E-state index >= 15 is 0 Å². The molecule has 0 spiro atoms. The van der Waals surface area contributed by atoms with Crippen LogP contribution in [0.15, 0.2) is 0 Å². The highest BCUT2D eigenvalue weighted by Crippen LogP contribution is 2.20. The second kappa shape index (κ2) is 5.13. The lowest BCUT2D eigenvalue weighted by Gasteiger charge is -2.35. The molecule has 1 saturated heterocycles. The lowest BCUT2D eigenvalue weighted by molar-refractivity contribution is 0.208. The molecule has 0 bridgehead atoms. The van der Waals surface area contributed by atoms with E-state index in [-0.39, 0.29) is 0 Å². The molecule has 2 heteroatoms. The van der Waals surface area contributed by atoms with Crippen LogP contribution in [-0.2, 0) is 0 Å². The van der Waals surface area contributed by atoms with E-state index in [0.717, 1.165) is 11.3 Å². The molecule has 1 fully saturated rings. The predicted octanol–water partition coefficient (Wildman–Crippen LogP) is 2.61. The summed E-state index contributed by atoms with van der Waals surface area (Å²) in [6, 6.07) is 0.804. The van der Waals surface area contributed by atoms with Gasteiger partial charge in [-0.2, -0.15) is 11.8 Å². The molecule has 0 amide bonds. The number of thioether (sulfide) groups is 1. The molecular formula is C10H21NS. The van der Waals surface area contributed by atoms with Gasteiger partial charge in [0.1, 0.15) is 0 Å². The summed E-state index contributed by atoms with van der Waals surface area (Å²) in [5.41, 5.74) is 0. The van der Waals surface area contributed by atoms with E-state index < -0.39 is 0 Å². The lowest BCUT2D eigenvalue weighted by atomic mass is 10.1. The van der Waals surface area contributed by atoms with E-state index in [1.807, 2.05) is 0 Å². The van der Waals surface area contributed by atoms with Gasteiger partial charge in [-0.15, -0.1) is 0 Å². The lowest BCUT2D eigenvalue weighted by Crippen LogP contribution is -2.42. The Bertz CT molecular complexity index is 127. The minimum atomic E-state index is 0.804. The minimum absolute atomic E-state index is 0.804. The van der Waals surface area contributed by atoms with E-state index in [1.54, 1.807) is 0 Å². The Morgan fingerprint density at radius 2 is 2.33 bits per heavy atom. The molecule has 1 aliphatic heterocycles. The average molecular weight is 187 g/mol. The third-order valence-corrected chi connectivity index (χ3v) is 3.74. The van der Waals surface area contributed by atoms with Crippen LogP contribution >= 0.6 is 11.8 Å². The first-order valence-corrected chi connectivity index (χ1v) is 6.14. The third kappa shape index (κ3) is 2.98. The summed E-state index contributed by atoms with van der Waals surface area (Å²) in [4.78, 5) is 2.64. The Kier molecular flexibility index (Phi) is 4.44. The first-order valence-electron chi connectivity index (χ1n) is 5.09. The van der Waals surface area contributed by atoms with Crippen LogP contribution in [0, 0.1) is 0 Å². The van der Waals surface area contributed by atoms with Crippen LogP contribution < -0.4 is 0 Å². The molecule has 12 heavy (non-hydrogen) atoms. The van der Waals surface area contributed by atoms with Crippen LogP contribution in [0.3, 0.4) is 0 Å². The quantitative estimate of drug-likeness (QED) is 0.668. The average Bonchev–Trinajstić information content (AvgIpc) is 2.05. The molecular weight excluding hydrogens is 166 g/mol. The standard InChI is InChI=1S/C10H21NS/c1-4-5-9(2)11-6-7-12-10(3)8-11/h9-10H,4-8H2,1-3H3. The van der Waals surface area contributed by atoms with Gasteiger partial charge in [-0.1, -0.05) is 20.3 Å². The van der Waals surface area contributed by atoms with Crippen molar-refractivity contribution in [3.8, 4) is 0 Å². The van der Waals surface area contributed by atoms with Crippen molar-refractivity contribution in [3.05, 3.63) is 0 Å². The molecule has 0 aromatic rings. The molecule has 0 aromatic heterocycles. The van der Waals surface area contributed by atoms with Crippen molar-refractivity contribution in [2.75, 3.05) is 18.8 Å². The van der Waals surface area contributed by atoms with Gasteiger partial charge in [0.05, 0.1) is 0 Å². The maximum atomic E-state index is 2.64. The molecule has 0 saturated carbocycles. The first-order chi connectivity index (χ1) is 5.74. The largest absolute Gasteiger partial charge is 0.299 e. The Morgan fingerprint density at radius 1 is 1.58 bits per heavy atom. The number of hydrogen-bond acceptors (Lipinski definition) is 2. The Labute approximate surface area is 80.9 Å². The molecule has 1 aliphatic rings. The van der Waals surface area contributed by atoms with E-state index in [1.165, 1.54) is 31.7 Å². The normalized spacial score (nSPS) is 28.8. The molecule has 1 heterocycles. The molecule has 0 aromatic carbocycles. The summed E-state index contributed by atoms with van der Waals surface area (Å²) < 4.78 is 0. The second-order valence-corrected chi connectivity index (χ2v) is 5.36. The Hall–Kier alpha value is 0.310. The summed E-state index contributed by atoms with van der Waals surface area (Å²) in [6.45, 7) is 9.59. The highest BCUT2D eigenvalue weighted by Gasteiger charge is 2.20. The second-order valence-electron chi connectivity index (χ2n) is 3.81. The van der Waals surface area contributed by atoms with Crippen molar-refractivity contribution in [3.63, 3.8) is 0 Å². The van der Waals surface area contributed by atoms with E-state index in [0.29, 0.717) is 0 Å². The molecule has 0 aliphatic carbocycles. The van der Waals surface area contributed by atoms with Crippen molar-refractivity contribution < 1.29 is 0 Å². The van der Waals surface area contributed by atoms with Gasteiger partial charge >= 0.3 is 0 Å². The molecule has 0 N–H and O–H groups in total. The van der Waals surface area contributed by atoms with Gasteiger partial charge in [-0.3, -0.25) is 4.90 Å². The highest BCUT2D eigenvalue weighted by molar-refractivity contribution is 7.99. The number of hydrogen-bond donors (Lipinski definition) is 0. The molecule has 2 atom stereocenters. The van der Waals surface area contributed by atoms with Gasteiger partial charge < -0.3 is 0 Å². The fraction of sp³-hybridized carbons (Fsp3) is 1.00. The Morgan fingerprint density at radius 3 is 2.92 bits per heavy atom. The Balaban J connectivity index is 2.29. The monoisotopic (exact) mass is 187 g/mol. The van der Waals surface area contributed by atoms with E-state index in [4.69, 9.17) is 0 Å². The predicted molar refractivity (Wildman–Crippen MR) is 57.9 cm³/mol. The van der Waals surface area contributed by atoms with Crippen LogP contribution in [0.5, 0.6) is 0 Å². The zero-order chi connectivity index (χ0) is 8.97. The van der Waals surface area contributed by atoms with Crippen LogP contribution in [0.4, 0.5) is 0 Å². The molecule has 1 rings (SSSR count). The highest BCUT2D eigenvalue weighted by atomic mass is 32.2. The summed E-state index contributed by atoms with van der Waals surface area (Å²) in [7, 11) is 0. The number of rotatable bonds is 3. The van der Waals surface area contributed by atoms with Gasteiger partial charge in [0.2, 0.25) is 0 Å². The van der Waals surface area contributed by atoms with E-state index in [2.05, 4.69) is 37.4 Å². The smallest absolute Gasteiger partial charge is 0.0147 e. The SMILES string of the molecule is CCCC(C)N1CCSC(C)C1. The van der Waals surface area contributed by atoms with Crippen molar-refractivity contribution in [1.29, 1.82) is 0 Å². The van der Waals surface area contributed by atoms with E-state index in [9.17, 15) is 0 Å². The van der Waals surface area contributed by atoms with Crippen LogP contribution in [0.2, 0.25) is 0 Å². The van der Waals surface area contributed by atoms with Gasteiger partial charge in [0, 0.05) is 30.1 Å². The van der Waals surface area contributed by atoms with Crippen LogP contribution in [0.25, 0.3) is 0 Å². The van der Waals surface area contributed by atoms with Gasteiger partial charge in [-0.05, 0) is 13.3 Å². The summed E-state index contributed by atoms with van der Waals surface area (Å²) in [5, 5.41) is 0.845. The van der Waals surface area contributed by atoms with Gasteiger partial charge in [-0.25, -0.2) is 0 Å². The van der Waals surface area contributed by atoms with Gasteiger partial charge in [0.25, 0.3) is 0 Å². The third-order valence-electron chi connectivity index (χ3n) is 2.60. The molecule has 0 radical (unpaired) electrons.